The number of likely N-dealkylation sites (N-methyl/N-ethyl adjacent to an activating group) is 1. The summed E-state index contributed by atoms with van der Waals surface area (Å²) < 4.78 is 10.7. The number of hydrogen-bond donors (Lipinski definition) is 3. The van der Waals surface area contributed by atoms with Crippen LogP contribution in [0.1, 0.15) is 27.7 Å². The summed E-state index contributed by atoms with van der Waals surface area (Å²) in [4.78, 5) is 40.7. The van der Waals surface area contributed by atoms with E-state index in [1.807, 2.05) is 25.2 Å². The number of carbonyl (C=O) groups is 3. The molecule has 0 saturated carbocycles. The van der Waals surface area contributed by atoms with E-state index in [9.17, 15) is 14.4 Å². The summed E-state index contributed by atoms with van der Waals surface area (Å²) in [6.45, 7) is 0.791. The maximum atomic E-state index is 11.7. The number of rotatable bonds is 3. The molecule has 1 fully saturated rings. The number of ether oxygens (including phenoxy) is 1. The average Bonchev–Trinajstić information content (AvgIpc) is 3.61. The van der Waals surface area contributed by atoms with Gasteiger partial charge in [-0.2, -0.15) is 5.10 Å². The standard InChI is InChI=1S/C13H9N5O3.C11H13NO2/c19-12-11(17-13(20)18-12)10-3-8-9(21-10)2-1-7(16-8)6-4-14-15-5-6;1-12-6-5-8-7-9(14-2)3-4-10(8)11(12)13/h1-5,11H,(H,14,15)(H2,17,18,19,20);3-4,7H,5-6H2,1-2H3/t11-;/m0./s1. The summed E-state index contributed by atoms with van der Waals surface area (Å²) >= 11 is 0. The molecule has 0 radical (unpaired) electrons. The van der Waals surface area contributed by atoms with Crippen LogP contribution in [0.2, 0.25) is 0 Å². The monoisotopic (exact) mass is 474 g/mol. The molecule has 1 aromatic carbocycles. The van der Waals surface area contributed by atoms with Crippen LogP contribution in [0, 0.1) is 0 Å². The van der Waals surface area contributed by atoms with Gasteiger partial charge in [-0.25, -0.2) is 9.78 Å². The van der Waals surface area contributed by atoms with Crippen LogP contribution in [0.15, 0.2) is 53.2 Å². The number of nitrogens with zero attached hydrogens (tertiary/aromatic N) is 3. The number of pyridine rings is 1. The van der Waals surface area contributed by atoms with Crippen LogP contribution in [-0.2, 0) is 11.2 Å². The Labute approximate surface area is 199 Å². The predicted molar refractivity (Wildman–Crippen MR) is 125 cm³/mol. The number of fused-ring (bicyclic) bond motifs is 2. The van der Waals surface area contributed by atoms with Gasteiger partial charge in [0.25, 0.3) is 11.8 Å². The van der Waals surface area contributed by atoms with Gasteiger partial charge in [-0.05, 0) is 42.3 Å². The predicted octanol–water partition coefficient (Wildman–Crippen LogP) is 2.42. The van der Waals surface area contributed by atoms with Crippen molar-refractivity contribution in [3.8, 4) is 17.0 Å². The van der Waals surface area contributed by atoms with Gasteiger partial charge in [0.05, 0.1) is 19.0 Å². The molecule has 0 spiro atoms. The van der Waals surface area contributed by atoms with Crippen molar-refractivity contribution in [2.24, 2.45) is 0 Å². The zero-order valence-electron chi connectivity index (χ0n) is 19.0. The highest BCUT2D eigenvalue weighted by atomic mass is 16.5. The normalized spacial score (nSPS) is 16.9. The molecule has 1 saturated heterocycles. The summed E-state index contributed by atoms with van der Waals surface area (Å²) in [7, 11) is 3.47. The highest BCUT2D eigenvalue weighted by Crippen LogP contribution is 2.27. The van der Waals surface area contributed by atoms with E-state index in [0.717, 1.165) is 41.1 Å². The minimum atomic E-state index is -0.816. The van der Waals surface area contributed by atoms with Crippen LogP contribution in [0.25, 0.3) is 22.4 Å². The molecule has 0 bridgehead atoms. The molecule has 11 heteroatoms. The Morgan fingerprint density at radius 1 is 1.14 bits per heavy atom. The van der Waals surface area contributed by atoms with Crippen molar-refractivity contribution < 1.29 is 23.5 Å². The third-order valence-electron chi connectivity index (χ3n) is 5.85. The van der Waals surface area contributed by atoms with Gasteiger partial charge in [-0.15, -0.1) is 0 Å². The minimum Gasteiger partial charge on any atom is -0.497 e. The van der Waals surface area contributed by atoms with E-state index in [1.54, 1.807) is 42.6 Å². The number of methoxy groups -OCH3 is 1. The number of hydrogen-bond acceptors (Lipinski definition) is 7. The second-order valence-corrected chi connectivity index (χ2v) is 8.11. The molecule has 35 heavy (non-hydrogen) atoms. The first kappa shape index (κ1) is 22.1. The molecule has 0 aliphatic carbocycles. The molecule has 4 amide bonds. The third-order valence-corrected chi connectivity index (χ3v) is 5.85. The number of urea groups is 1. The van der Waals surface area contributed by atoms with E-state index >= 15 is 0 Å². The Bertz CT molecular complexity index is 1430. The molecule has 1 atom stereocenters. The molecule has 3 N–H and O–H groups in total. The number of aromatic amines is 1. The fourth-order valence-electron chi connectivity index (χ4n) is 3.96. The number of amides is 4. The molecular weight excluding hydrogens is 452 g/mol. The Balaban J connectivity index is 0.000000158. The Morgan fingerprint density at radius 2 is 2.00 bits per heavy atom. The zero-order valence-corrected chi connectivity index (χ0v) is 19.0. The van der Waals surface area contributed by atoms with E-state index < -0.39 is 18.0 Å². The van der Waals surface area contributed by atoms with Crippen LogP contribution in [0.4, 0.5) is 4.79 Å². The first-order chi connectivity index (χ1) is 16.9. The molecule has 178 valence electrons. The Morgan fingerprint density at radius 3 is 2.71 bits per heavy atom. The van der Waals surface area contributed by atoms with E-state index in [1.165, 1.54) is 0 Å². The SMILES string of the molecule is COc1ccc2c(c1)CCN(C)C2=O.O=C1NC(=O)[C@H](c2cc3nc(-c4cn[nH]c4)ccc3o2)N1. The van der Waals surface area contributed by atoms with Crippen molar-refractivity contribution in [3.05, 3.63) is 65.7 Å². The second kappa shape index (κ2) is 8.93. The maximum Gasteiger partial charge on any atom is 0.322 e. The lowest BCUT2D eigenvalue weighted by Gasteiger charge is -2.24. The highest BCUT2D eigenvalue weighted by molar-refractivity contribution is 6.04. The molecule has 3 aromatic heterocycles. The van der Waals surface area contributed by atoms with Gasteiger partial charge in [0.2, 0.25) is 0 Å². The van der Waals surface area contributed by atoms with Gasteiger partial charge in [0, 0.05) is 37.0 Å². The average molecular weight is 474 g/mol. The van der Waals surface area contributed by atoms with Gasteiger partial charge in [-0.1, -0.05) is 0 Å². The molecule has 5 heterocycles. The fourth-order valence-corrected chi connectivity index (χ4v) is 3.96. The van der Waals surface area contributed by atoms with Gasteiger partial charge in [-0.3, -0.25) is 20.0 Å². The van der Waals surface area contributed by atoms with Crippen LogP contribution in [0.3, 0.4) is 0 Å². The van der Waals surface area contributed by atoms with E-state index in [2.05, 4.69) is 25.8 Å². The summed E-state index contributed by atoms with van der Waals surface area (Å²) in [5, 5.41) is 11.2. The van der Waals surface area contributed by atoms with E-state index in [-0.39, 0.29) is 5.91 Å². The highest BCUT2D eigenvalue weighted by Gasteiger charge is 2.33. The molecule has 2 aliphatic rings. The van der Waals surface area contributed by atoms with Crippen LogP contribution in [-0.4, -0.2) is 58.6 Å². The Kier molecular flexibility index (Phi) is 5.65. The van der Waals surface area contributed by atoms with Crippen molar-refractivity contribution in [2.75, 3.05) is 20.7 Å². The maximum absolute atomic E-state index is 11.7. The Hall–Kier alpha value is -4.67. The van der Waals surface area contributed by atoms with Crippen molar-refractivity contribution in [1.82, 2.24) is 30.7 Å². The molecule has 0 unspecified atom stereocenters. The largest absolute Gasteiger partial charge is 0.497 e. The van der Waals surface area contributed by atoms with E-state index in [0.29, 0.717) is 16.9 Å². The van der Waals surface area contributed by atoms with E-state index in [4.69, 9.17) is 9.15 Å². The summed E-state index contributed by atoms with van der Waals surface area (Å²) in [6.07, 6.45) is 4.31. The number of nitrogens with one attached hydrogen (secondary N) is 3. The smallest absolute Gasteiger partial charge is 0.322 e. The first-order valence-electron chi connectivity index (χ1n) is 10.9. The molecule has 11 nitrogen and oxygen atoms in total. The second-order valence-electron chi connectivity index (χ2n) is 8.11. The van der Waals surface area contributed by atoms with Gasteiger partial charge in [0.1, 0.15) is 17.0 Å². The minimum absolute atomic E-state index is 0.105. The van der Waals surface area contributed by atoms with Crippen molar-refractivity contribution in [1.29, 1.82) is 0 Å². The van der Waals surface area contributed by atoms with Gasteiger partial charge >= 0.3 is 6.03 Å². The first-order valence-corrected chi connectivity index (χ1v) is 10.9. The van der Waals surface area contributed by atoms with Crippen molar-refractivity contribution in [2.45, 2.75) is 12.5 Å². The quantitative estimate of drug-likeness (QED) is 0.387. The van der Waals surface area contributed by atoms with Gasteiger partial charge in [0.15, 0.2) is 11.6 Å². The number of carbonyl (C=O) groups excluding carboxylic acids is 3. The van der Waals surface area contributed by atoms with Gasteiger partial charge < -0.3 is 19.4 Å². The fraction of sp³-hybridized carbons (Fsp3) is 0.208. The summed E-state index contributed by atoms with van der Waals surface area (Å²) in [6, 6.07) is 9.48. The number of furan rings is 1. The number of aromatic nitrogens is 3. The number of benzene rings is 1. The van der Waals surface area contributed by atoms with Crippen molar-refractivity contribution >= 4 is 28.9 Å². The third kappa shape index (κ3) is 4.31. The topological polar surface area (TPSA) is 142 Å². The van der Waals surface area contributed by atoms with Crippen LogP contribution < -0.4 is 15.4 Å². The van der Waals surface area contributed by atoms with Crippen LogP contribution >= 0.6 is 0 Å². The van der Waals surface area contributed by atoms with Crippen molar-refractivity contribution in [3.63, 3.8) is 0 Å². The lowest BCUT2D eigenvalue weighted by Crippen LogP contribution is -2.34. The molecule has 4 aromatic rings. The number of H-pyrrole nitrogens is 1. The molecular formula is C24H22N6O5. The zero-order chi connectivity index (χ0) is 24.5. The lowest BCUT2D eigenvalue weighted by atomic mass is 9.99. The number of imide groups is 1. The molecule has 2 aliphatic heterocycles. The summed E-state index contributed by atoms with van der Waals surface area (Å²) in [5.41, 5.74) is 4.64. The van der Waals surface area contributed by atoms with Crippen LogP contribution in [0.5, 0.6) is 5.75 Å². The summed E-state index contributed by atoms with van der Waals surface area (Å²) in [5.74, 6) is 0.842. The molecule has 6 rings (SSSR count). The lowest BCUT2D eigenvalue weighted by molar-refractivity contribution is -0.120.